The van der Waals surface area contributed by atoms with Crippen LogP contribution >= 0.6 is 11.6 Å². The highest BCUT2D eigenvalue weighted by atomic mass is 35.5. The fraction of sp³-hybridized carbons (Fsp3) is 0.462. The summed E-state index contributed by atoms with van der Waals surface area (Å²) in [5.41, 5.74) is 1.23. The number of carbonyl (C=O) groups excluding carboxylic acids is 1. The zero-order valence-corrected chi connectivity index (χ0v) is 10.2. The lowest BCUT2D eigenvalue weighted by molar-refractivity contribution is -0.112. The summed E-state index contributed by atoms with van der Waals surface area (Å²) in [5, 5.41) is -0.265. The van der Waals surface area contributed by atoms with Crippen LogP contribution in [-0.2, 0) is 4.79 Å². The molecule has 1 atom stereocenters. The van der Waals surface area contributed by atoms with Crippen LogP contribution in [0.25, 0.3) is 0 Å². The summed E-state index contributed by atoms with van der Waals surface area (Å²) < 4.78 is 0. The van der Waals surface area contributed by atoms with Gasteiger partial charge in [0.15, 0.2) is 0 Å². The smallest absolute Gasteiger partial charge is 0.222 e. The van der Waals surface area contributed by atoms with Gasteiger partial charge in [0.05, 0.1) is 0 Å². The van der Waals surface area contributed by atoms with Crippen molar-refractivity contribution in [3.05, 3.63) is 35.9 Å². The Labute approximate surface area is 96.5 Å². The summed E-state index contributed by atoms with van der Waals surface area (Å²) in [6, 6.07) is 10.1. The minimum Gasteiger partial charge on any atom is -0.281 e. The van der Waals surface area contributed by atoms with E-state index in [1.807, 2.05) is 18.2 Å². The van der Waals surface area contributed by atoms with Gasteiger partial charge >= 0.3 is 0 Å². The topological polar surface area (TPSA) is 17.1 Å². The van der Waals surface area contributed by atoms with E-state index < -0.39 is 0 Å². The minimum atomic E-state index is -0.265. The Morgan fingerprint density at radius 2 is 1.80 bits per heavy atom. The molecule has 1 aromatic carbocycles. The maximum Gasteiger partial charge on any atom is 0.222 e. The van der Waals surface area contributed by atoms with Crippen molar-refractivity contribution >= 4 is 16.8 Å². The molecule has 0 bridgehead atoms. The van der Waals surface area contributed by atoms with Gasteiger partial charge in [0.2, 0.25) is 5.24 Å². The average Bonchev–Trinajstić information content (AvgIpc) is 2.14. The Morgan fingerprint density at radius 1 is 1.27 bits per heavy atom. The molecule has 0 radical (unpaired) electrons. The molecule has 0 aliphatic rings. The molecule has 0 N–H and O–H groups in total. The van der Waals surface area contributed by atoms with Gasteiger partial charge in [-0.05, 0) is 28.5 Å². The van der Waals surface area contributed by atoms with Crippen LogP contribution in [0.15, 0.2) is 30.3 Å². The Bertz CT molecular complexity index is 324. The Balaban J connectivity index is 2.97. The van der Waals surface area contributed by atoms with Crippen LogP contribution in [0, 0.1) is 5.41 Å². The van der Waals surface area contributed by atoms with Crippen LogP contribution in [0.5, 0.6) is 0 Å². The number of carbonyl (C=O) groups is 1. The van der Waals surface area contributed by atoms with Gasteiger partial charge in [0.25, 0.3) is 0 Å². The van der Waals surface area contributed by atoms with Crippen molar-refractivity contribution in [1.82, 2.24) is 0 Å². The zero-order chi connectivity index (χ0) is 11.5. The number of benzene rings is 1. The lowest BCUT2D eigenvalue weighted by Crippen LogP contribution is -2.20. The van der Waals surface area contributed by atoms with Crippen LogP contribution in [-0.4, -0.2) is 5.24 Å². The first-order valence-electron chi connectivity index (χ1n) is 5.14. The molecular weight excluding hydrogens is 208 g/mol. The fourth-order valence-electron chi connectivity index (χ4n) is 1.77. The predicted octanol–water partition coefficient (Wildman–Crippen LogP) is 3.97. The first-order valence-corrected chi connectivity index (χ1v) is 5.52. The second-order valence-electron chi connectivity index (χ2n) is 4.89. The highest BCUT2D eigenvalue weighted by Gasteiger charge is 2.27. The van der Waals surface area contributed by atoms with Gasteiger partial charge in [0.1, 0.15) is 0 Å². The van der Waals surface area contributed by atoms with Gasteiger partial charge < -0.3 is 0 Å². The minimum absolute atomic E-state index is 0.0475. The summed E-state index contributed by atoms with van der Waals surface area (Å²) >= 11 is 5.49. The Morgan fingerprint density at radius 3 is 2.20 bits per heavy atom. The van der Waals surface area contributed by atoms with Crippen LogP contribution in [0.3, 0.4) is 0 Å². The van der Waals surface area contributed by atoms with Crippen molar-refractivity contribution in [2.24, 2.45) is 5.41 Å². The normalized spacial score (nSPS) is 13.6. The third-order valence-corrected chi connectivity index (χ3v) is 2.77. The molecule has 0 saturated heterocycles. The van der Waals surface area contributed by atoms with Crippen LogP contribution < -0.4 is 0 Å². The standard InChI is InChI=1S/C13H17ClO/c1-13(2,3)11(9-12(14)15)10-7-5-4-6-8-10/h4-8,11H,9H2,1-3H3. The van der Waals surface area contributed by atoms with Gasteiger partial charge in [-0.25, -0.2) is 0 Å². The van der Waals surface area contributed by atoms with Crippen molar-refractivity contribution in [2.45, 2.75) is 33.1 Å². The maximum absolute atomic E-state index is 11.0. The summed E-state index contributed by atoms with van der Waals surface area (Å²) in [7, 11) is 0. The van der Waals surface area contributed by atoms with Crippen molar-refractivity contribution < 1.29 is 4.79 Å². The summed E-state index contributed by atoms with van der Waals surface area (Å²) in [6.45, 7) is 6.39. The molecule has 0 spiro atoms. The largest absolute Gasteiger partial charge is 0.281 e. The molecule has 1 nitrogen and oxygen atoms in total. The molecule has 1 aromatic rings. The molecule has 0 amide bonds. The third-order valence-electron chi connectivity index (χ3n) is 2.61. The molecule has 15 heavy (non-hydrogen) atoms. The lowest BCUT2D eigenvalue weighted by Gasteiger charge is -2.30. The molecule has 0 aliphatic heterocycles. The van der Waals surface area contributed by atoms with Crippen molar-refractivity contribution in [3.8, 4) is 0 Å². The van der Waals surface area contributed by atoms with E-state index in [2.05, 4.69) is 32.9 Å². The number of rotatable bonds is 3. The molecule has 0 heterocycles. The highest BCUT2D eigenvalue weighted by Crippen LogP contribution is 2.37. The van der Waals surface area contributed by atoms with E-state index in [-0.39, 0.29) is 16.6 Å². The summed E-state index contributed by atoms with van der Waals surface area (Å²) in [4.78, 5) is 11.0. The molecule has 1 unspecified atom stereocenters. The van der Waals surface area contributed by atoms with Crippen LogP contribution in [0.1, 0.15) is 38.7 Å². The highest BCUT2D eigenvalue weighted by molar-refractivity contribution is 6.63. The molecule has 0 saturated carbocycles. The van der Waals surface area contributed by atoms with E-state index in [0.717, 1.165) is 0 Å². The Kier molecular flexibility index (Phi) is 3.92. The number of hydrogen-bond donors (Lipinski definition) is 0. The van der Waals surface area contributed by atoms with E-state index in [1.54, 1.807) is 0 Å². The van der Waals surface area contributed by atoms with E-state index in [1.165, 1.54) is 5.56 Å². The molecule has 1 rings (SSSR count). The molecule has 2 heteroatoms. The van der Waals surface area contributed by atoms with Crippen LogP contribution in [0.4, 0.5) is 0 Å². The molecular formula is C13H17ClO. The summed E-state index contributed by atoms with van der Waals surface area (Å²) in [5.74, 6) is 0.184. The average molecular weight is 225 g/mol. The van der Waals surface area contributed by atoms with Gasteiger partial charge in [0, 0.05) is 6.42 Å². The van der Waals surface area contributed by atoms with E-state index in [4.69, 9.17) is 11.6 Å². The van der Waals surface area contributed by atoms with Crippen molar-refractivity contribution in [3.63, 3.8) is 0 Å². The lowest BCUT2D eigenvalue weighted by atomic mass is 9.75. The first-order chi connectivity index (χ1) is 6.91. The molecule has 0 aliphatic carbocycles. The quantitative estimate of drug-likeness (QED) is 0.710. The number of hydrogen-bond acceptors (Lipinski definition) is 1. The fourth-order valence-corrected chi connectivity index (χ4v) is 1.92. The predicted molar refractivity (Wildman–Crippen MR) is 64.1 cm³/mol. The number of halogens is 1. The van der Waals surface area contributed by atoms with Gasteiger partial charge in [-0.2, -0.15) is 0 Å². The van der Waals surface area contributed by atoms with E-state index in [9.17, 15) is 4.79 Å². The molecule has 0 aromatic heterocycles. The second-order valence-corrected chi connectivity index (χ2v) is 5.31. The SMILES string of the molecule is CC(C)(C)C(CC(=O)Cl)c1ccccc1. The first kappa shape index (κ1) is 12.3. The monoisotopic (exact) mass is 224 g/mol. The van der Waals surface area contributed by atoms with E-state index >= 15 is 0 Å². The second kappa shape index (κ2) is 4.80. The third kappa shape index (κ3) is 3.67. The maximum atomic E-state index is 11.0. The molecule has 0 fully saturated rings. The zero-order valence-electron chi connectivity index (χ0n) is 9.46. The summed E-state index contributed by atoms with van der Waals surface area (Å²) in [6.07, 6.45) is 0.398. The van der Waals surface area contributed by atoms with Crippen LogP contribution in [0.2, 0.25) is 0 Å². The van der Waals surface area contributed by atoms with Crippen molar-refractivity contribution in [1.29, 1.82) is 0 Å². The van der Waals surface area contributed by atoms with Gasteiger partial charge in [-0.3, -0.25) is 4.79 Å². The van der Waals surface area contributed by atoms with Crippen molar-refractivity contribution in [2.75, 3.05) is 0 Å². The van der Waals surface area contributed by atoms with Gasteiger partial charge in [-0.1, -0.05) is 51.1 Å². The van der Waals surface area contributed by atoms with E-state index in [0.29, 0.717) is 6.42 Å². The van der Waals surface area contributed by atoms with Gasteiger partial charge in [-0.15, -0.1) is 0 Å². The Hall–Kier alpha value is -0.820. The molecule has 82 valence electrons.